The molecule has 1 aromatic heterocycles. The molecule has 26 heavy (non-hydrogen) atoms. The van der Waals surface area contributed by atoms with Gasteiger partial charge in [-0.05, 0) is 29.3 Å². The van der Waals surface area contributed by atoms with Crippen molar-refractivity contribution in [1.29, 1.82) is 5.41 Å². The molecule has 134 valence electrons. The highest BCUT2D eigenvalue weighted by molar-refractivity contribution is 6.05. The Hall–Kier alpha value is -3.32. The molecule has 7 heteroatoms. The summed E-state index contributed by atoms with van der Waals surface area (Å²) in [6, 6.07) is 15.2. The highest BCUT2D eigenvalue weighted by atomic mass is 16.5. The van der Waals surface area contributed by atoms with Gasteiger partial charge in [-0.3, -0.25) is 15.1 Å². The number of nitrogens with zero attached hydrogens (tertiary/aromatic N) is 1. The zero-order valence-corrected chi connectivity index (χ0v) is 14.5. The van der Waals surface area contributed by atoms with Crippen LogP contribution >= 0.6 is 0 Å². The van der Waals surface area contributed by atoms with Crippen LogP contribution in [-0.4, -0.2) is 28.8 Å². The Labute approximate surface area is 151 Å². The molecule has 2 aromatic carbocycles. The van der Waals surface area contributed by atoms with E-state index in [9.17, 15) is 4.79 Å². The van der Waals surface area contributed by atoms with Gasteiger partial charge in [-0.25, -0.2) is 0 Å². The van der Waals surface area contributed by atoms with Crippen molar-refractivity contribution in [1.82, 2.24) is 9.88 Å². The van der Waals surface area contributed by atoms with Gasteiger partial charge in [0.05, 0.1) is 0 Å². The molecule has 3 aromatic rings. The van der Waals surface area contributed by atoms with Crippen LogP contribution in [0.2, 0.25) is 0 Å². The summed E-state index contributed by atoms with van der Waals surface area (Å²) in [6.07, 6.45) is 0. The van der Waals surface area contributed by atoms with Crippen LogP contribution in [0.15, 0.2) is 48.5 Å². The van der Waals surface area contributed by atoms with E-state index in [-0.39, 0.29) is 11.9 Å². The number of rotatable bonds is 5. The van der Waals surface area contributed by atoms with Crippen LogP contribution in [0.3, 0.4) is 0 Å². The van der Waals surface area contributed by atoms with Gasteiger partial charge >= 0.3 is 0 Å². The number of carbonyl (C=O) groups excluding carboxylic acids is 1. The molecule has 6 N–H and O–H groups in total. The number of carbonyl (C=O) groups is 1. The molecule has 1 amide bonds. The quantitative estimate of drug-likeness (QED) is 0.416. The summed E-state index contributed by atoms with van der Waals surface area (Å²) in [7, 11) is 1.46. The van der Waals surface area contributed by atoms with Crippen LogP contribution in [-0.2, 0) is 13.2 Å². The van der Waals surface area contributed by atoms with E-state index in [1.165, 1.54) is 7.05 Å². The second kappa shape index (κ2) is 7.28. The molecule has 0 unspecified atom stereocenters. The number of nitrogens with two attached hydrogens (primary N) is 2. The van der Waals surface area contributed by atoms with Gasteiger partial charge < -0.3 is 21.2 Å². The average molecular weight is 351 g/mol. The highest BCUT2D eigenvalue weighted by Crippen LogP contribution is 2.23. The van der Waals surface area contributed by atoms with Crippen molar-refractivity contribution in [3.05, 3.63) is 65.4 Å². The molecule has 0 aliphatic heterocycles. The molecule has 0 saturated heterocycles. The van der Waals surface area contributed by atoms with Gasteiger partial charge in [0.2, 0.25) is 0 Å². The third-order valence-corrected chi connectivity index (χ3v) is 4.15. The second-order valence-electron chi connectivity index (χ2n) is 5.99. The normalized spacial score (nSPS) is 10.7. The van der Waals surface area contributed by atoms with Crippen LogP contribution in [0.1, 0.15) is 21.6 Å². The smallest absolute Gasteiger partial charge is 0.276 e. The number of hydrogen-bond donors (Lipinski definition) is 4. The lowest BCUT2D eigenvalue weighted by Crippen LogP contribution is -2.38. The number of nitrogens with one attached hydrogen (secondary N) is 2. The fraction of sp³-hybridized carbons (Fsp3) is 0.158. The van der Waals surface area contributed by atoms with E-state index in [0.29, 0.717) is 24.6 Å². The summed E-state index contributed by atoms with van der Waals surface area (Å²) in [5.74, 6) is 0.0238. The maximum absolute atomic E-state index is 12.2. The van der Waals surface area contributed by atoms with Gasteiger partial charge in [0, 0.05) is 30.6 Å². The Balaban J connectivity index is 1.74. The van der Waals surface area contributed by atoms with E-state index in [2.05, 4.69) is 4.98 Å². The Bertz CT molecular complexity index is 946. The van der Waals surface area contributed by atoms with E-state index in [1.807, 2.05) is 42.5 Å². The molecule has 3 rings (SSSR count). The molecular formula is C19H21N5O2. The van der Waals surface area contributed by atoms with Crippen molar-refractivity contribution in [3.63, 3.8) is 0 Å². The summed E-state index contributed by atoms with van der Waals surface area (Å²) in [6.45, 7) is 0.959. The lowest BCUT2D eigenvalue weighted by atomic mass is 10.1. The van der Waals surface area contributed by atoms with Crippen LogP contribution in [0.5, 0.6) is 5.75 Å². The topological polar surface area (TPSA) is 121 Å². The minimum Gasteiger partial charge on any atom is -0.489 e. The molecule has 0 saturated carbocycles. The first kappa shape index (κ1) is 17.5. The Kier molecular flexibility index (Phi) is 4.90. The first-order chi connectivity index (χ1) is 12.5. The van der Waals surface area contributed by atoms with Gasteiger partial charge in [-0.2, -0.15) is 0 Å². The summed E-state index contributed by atoms with van der Waals surface area (Å²) < 4.78 is 5.83. The van der Waals surface area contributed by atoms with Crippen molar-refractivity contribution in [2.45, 2.75) is 13.2 Å². The van der Waals surface area contributed by atoms with Gasteiger partial charge in [-0.1, -0.05) is 24.3 Å². The number of benzene rings is 2. The fourth-order valence-corrected chi connectivity index (χ4v) is 2.54. The molecule has 0 spiro atoms. The monoisotopic (exact) mass is 351 g/mol. The van der Waals surface area contributed by atoms with Crippen LogP contribution in [0.4, 0.5) is 0 Å². The number of fused-ring (bicyclic) bond motifs is 1. The number of H-pyrrole nitrogens is 1. The van der Waals surface area contributed by atoms with E-state index in [4.69, 9.17) is 21.6 Å². The molecule has 0 aliphatic carbocycles. The molecule has 1 heterocycles. The van der Waals surface area contributed by atoms with Crippen molar-refractivity contribution in [2.75, 3.05) is 7.05 Å². The number of guanidine groups is 1. The number of aromatic amines is 1. The molecule has 0 aliphatic rings. The fourth-order valence-electron chi connectivity index (χ4n) is 2.54. The molecule has 0 bridgehead atoms. The minimum absolute atomic E-state index is 0.307. The first-order valence-electron chi connectivity index (χ1n) is 8.13. The van der Waals surface area contributed by atoms with Crippen molar-refractivity contribution >= 4 is 22.8 Å². The van der Waals surface area contributed by atoms with E-state index in [1.54, 1.807) is 6.07 Å². The third-order valence-electron chi connectivity index (χ3n) is 4.15. The SMILES string of the molecule is CN(C(=N)N)C(=O)c1cc2ccc(OCc3ccc(CN)cc3)cc2[nH]1. The Morgan fingerprint density at radius 3 is 2.50 bits per heavy atom. The zero-order chi connectivity index (χ0) is 18.7. The van der Waals surface area contributed by atoms with Gasteiger partial charge in [0.15, 0.2) is 5.96 Å². The second-order valence-corrected chi connectivity index (χ2v) is 5.99. The molecule has 7 nitrogen and oxygen atoms in total. The van der Waals surface area contributed by atoms with Crippen molar-refractivity contribution in [3.8, 4) is 5.75 Å². The third kappa shape index (κ3) is 3.68. The highest BCUT2D eigenvalue weighted by Gasteiger charge is 2.16. The average Bonchev–Trinajstić information content (AvgIpc) is 3.08. The zero-order valence-electron chi connectivity index (χ0n) is 14.5. The summed E-state index contributed by atoms with van der Waals surface area (Å²) in [5, 5.41) is 8.23. The summed E-state index contributed by atoms with van der Waals surface area (Å²) in [4.78, 5) is 16.4. The van der Waals surface area contributed by atoms with Crippen LogP contribution in [0.25, 0.3) is 10.9 Å². The van der Waals surface area contributed by atoms with E-state index >= 15 is 0 Å². The van der Waals surface area contributed by atoms with Crippen LogP contribution in [0, 0.1) is 5.41 Å². The number of hydrogen-bond acceptors (Lipinski definition) is 4. The van der Waals surface area contributed by atoms with Crippen molar-refractivity contribution < 1.29 is 9.53 Å². The Morgan fingerprint density at radius 1 is 1.15 bits per heavy atom. The Morgan fingerprint density at radius 2 is 1.85 bits per heavy atom. The predicted octanol–water partition coefficient (Wildman–Crippen LogP) is 2.17. The summed E-state index contributed by atoms with van der Waals surface area (Å²) >= 11 is 0. The minimum atomic E-state index is -0.365. The van der Waals surface area contributed by atoms with E-state index < -0.39 is 0 Å². The lowest BCUT2D eigenvalue weighted by molar-refractivity contribution is 0.0864. The summed E-state index contributed by atoms with van der Waals surface area (Å²) in [5.41, 5.74) is 14.2. The molecular weight excluding hydrogens is 330 g/mol. The molecule has 0 radical (unpaired) electrons. The maximum atomic E-state index is 12.2. The van der Waals surface area contributed by atoms with E-state index in [0.717, 1.165) is 26.9 Å². The van der Waals surface area contributed by atoms with Crippen LogP contribution < -0.4 is 16.2 Å². The lowest BCUT2D eigenvalue weighted by Gasteiger charge is -2.12. The predicted molar refractivity (Wildman–Crippen MR) is 101 cm³/mol. The molecule has 0 fully saturated rings. The largest absolute Gasteiger partial charge is 0.489 e. The van der Waals surface area contributed by atoms with Crippen molar-refractivity contribution in [2.24, 2.45) is 11.5 Å². The first-order valence-corrected chi connectivity index (χ1v) is 8.13. The number of amides is 1. The maximum Gasteiger partial charge on any atom is 0.276 e. The van der Waals surface area contributed by atoms with Gasteiger partial charge in [0.1, 0.15) is 18.1 Å². The number of ether oxygens (including phenoxy) is 1. The number of aromatic nitrogens is 1. The van der Waals surface area contributed by atoms with Gasteiger partial charge in [-0.15, -0.1) is 0 Å². The standard InChI is InChI=1S/C19H21N5O2/c1-24(19(21)22)18(25)17-8-14-6-7-15(9-16(14)23-17)26-11-13-4-2-12(10-20)3-5-13/h2-9,23H,10-11,20H2,1H3,(H3,21,22). The molecule has 0 atom stereocenters. The van der Waals surface area contributed by atoms with Gasteiger partial charge in [0.25, 0.3) is 5.91 Å².